The van der Waals surface area contributed by atoms with E-state index in [9.17, 15) is 13.2 Å². The van der Waals surface area contributed by atoms with Crippen molar-refractivity contribution in [3.05, 3.63) is 77.3 Å². The number of methoxy groups -OCH3 is 4. The minimum Gasteiger partial charge on any atom is -0.497 e. The summed E-state index contributed by atoms with van der Waals surface area (Å²) in [6.07, 6.45) is 1.32. The smallest absolute Gasteiger partial charge is 0.214 e. The lowest BCUT2D eigenvalue weighted by atomic mass is 10.1. The fourth-order valence-electron chi connectivity index (χ4n) is 3.74. The lowest BCUT2D eigenvalue weighted by Gasteiger charge is -2.29. The molecule has 0 aliphatic carbocycles. The third-order valence-electron chi connectivity index (χ3n) is 5.45. The van der Waals surface area contributed by atoms with Gasteiger partial charge in [0, 0.05) is 23.9 Å². The van der Waals surface area contributed by atoms with Gasteiger partial charge >= 0.3 is 0 Å². The molecular weight excluding hydrogens is 458 g/mol. The number of carbonyl (C=O) groups is 1. The molecule has 8 nitrogen and oxygen atoms in total. The number of sulfone groups is 1. The van der Waals surface area contributed by atoms with Crippen molar-refractivity contribution in [2.45, 2.75) is 4.90 Å². The number of ketones is 1. The molecule has 0 spiro atoms. The minimum absolute atomic E-state index is 0.0168. The molecule has 0 amide bonds. The Morgan fingerprint density at radius 1 is 0.794 bits per heavy atom. The van der Waals surface area contributed by atoms with Gasteiger partial charge in [-0.15, -0.1) is 0 Å². The van der Waals surface area contributed by atoms with Crippen molar-refractivity contribution in [2.75, 3.05) is 33.3 Å². The first-order valence-electron chi connectivity index (χ1n) is 10.2. The Morgan fingerprint density at radius 3 is 1.97 bits per heavy atom. The fourth-order valence-corrected chi connectivity index (χ4v) is 5.29. The van der Waals surface area contributed by atoms with E-state index >= 15 is 0 Å². The molecule has 3 aromatic rings. The number of nitrogens with zero attached hydrogens (tertiary/aromatic N) is 1. The molecule has 4 rings (SSSR count). The van der Waals surface area contributed by atoms with Gasteiger partial charge in [-0.1, -0.05) is 12.1 Å². The summed E-state index contributed by atoms with van der Waals surface area (Å²) in [4.78, 5) is 14.6. The average Bonchev–Trinajstić information content (AvgIpc) is 2.87. The van der Waals surface area contributed by atoms with Crippen LogP contribution in [-0.2, 0) is 9.84 Å². The van der Waals surface area contributed by atoms with Gasteiger partial charge in [0.25, 0.3) is 0 Å². The van der Waals surface area contributed by atoms with Crippen LogP contribution in [-0.4, -0.2) is 42.6 Å². The summed E-state index contributed by atoms with van der Waals surface area (Å²) >= 11 is 0. The monoisotopic (exact) mass is 481 g/mol. The summed E-state index contributed by atoms with van der Waals surface area (Å²) in [6.45, 7) is 0. The van der Waals surface area contributed by atoms with Crippen LogP contribution >= 0.6 is 0 Å². The lowest BCUT2D eigenvalue weighted by Crippen LogP contribution is -2.25. The standard InChI is InChI=1S/C25H23NO7S/c1-30-18-11-9-16(10-12-18)24(27)23-15-26(19-7-5-6-8-22(19)34(23,28)29)17-13-20(31-2)25(33-4)21(14-17)32-3/h5-15H,1-4H3. The summed E-state index contributed by atoms with van der Waals surface area (Å²) in [5.74, 6) is 1.10. The molecule has 34 heavy (non-hydrogen) atoms. The molecule has 0 fully saturated rings. The molecule has 0 N–H and O–H groups in total. The predicted molar refractivity (Wildman–Crippen MR) is 127 cm³/mol. The Hall–Kier alpha value is -3.98. The normalized spacial score (nSPS) is 14.0. The molecule has 1 aliphatic heterocycles. The van der Waals surface area contributed by atoms with Crippen LogP contribution in [0.2, 0.25) is 0 Å². The molecule has 1 aliphatic rings. The van der Waals surface area contributed by atoms with Gasteiger partial charge in [-0.2, -0.15) is 0 Å². The van der Waals surface area contributed by atoms with Crippen LogP contribution in [0.1, 0.15) is 10.4 Å². The Bertz CT molecular complexity index is 1350. The number of carbonyl (C=O) groups excluding carboxylic acids is 1. The summed E-state index contributed by atoms with van der Waals surface area (Å²) in [6, 6.07) is 16.1. The first-order valence-corrected chi connectivity index (χ1v) is 11.7. The van der Waals surface area contributed by atoms with Gasteiger partial charge < -0.3 is 23.8 Å². The van der Waals surface area contributed by atoms with Gasteiger partial charge in [-0.25, -0.2) is 8.42 Å². The maximum Gasteiger partial charge on any atom is 0.214 e. The van der Waals surface area contributed by atoms with Crippen molar-refractivity contribution in [1.29, 1.82) is 0 Å². The highest BCUT2D eigenvalue weighted by atomic mass is 32.2. The van der Waals surface area contributed by atoms with Crippen molar-refractivity contribution < 1.29 is 32.2 Å². The molecule has 176 valence electrons. The molecule has 1 heterocycles. The van der Waals surface area contributed by atoms with E-state index < -0.39 is 15.6 Å². The quantitative estimate of drug-likeness (QED) is 0.460. The highest BCUT2D eigenvalue weighted by Gasteiger charge is 2.36. The zero-order valence-corrected chi connectivity index (χ0v) is 19.9. The van der Waals surface area contributed by atoms with Crippen LogP contribution in [0.5, 0.6) is 23.0 Å². The zero-order valence-electron chi connectivity index (χ0n) is 19.1. The number of benzene rings is 3. The number of hydrogen-bond donors (Lipinski definition) is 0. The molecule has 3 aromatic carbocycles. The van der Waals surface area contributed by atoms with Crippen LogP contribution in [0, 0.1) is 0 Å². The maximum absolute atomic E-state index is 13.5. The van der Waals surface area contributed by atoms with Crippen LogP contribution < -0.4 is 23.8 Å². The number of hydrogen-bond acceptors (Lipinski definition) is 8. The summed E-state index contributed by atoms with van der Waals surface area (Å²) in [5.41, 5.74) is 1.14. The zero-order chi connectivity index (χ0) is 24.5. The molecule has 9 heteroatoms. The predicted octanol–water partition coefficient (Wildman–Crippen LogP) is 4.37. The van der Waals surface area contributed by atoms with Gasteiger partial charge in [-0.05, 0) is 36.4 Å². The number of anilines is 2. The molecule has 0 bridgehead atoms. The number of ether oxygens (including phenoxy) is 4. The molecule has 0 unspecified atom stereocenters. The molecular formula is C25H23NO7S. The number of rotatable bonds is 7. The Morgan fingerprint density at radius 2 is 1.41 bits per heavy atom. The Labute approximate surface area is 197 Å². The van der Waals surface area contributed by atoms with Gasteiger partial charge in [0.1, 0.15) is 10.7 Å². The average molecular weight is 482 g/mol. The summed E-state index contributed by atoms with van der Waals surface area (Å²) in [5, 5.41) is 0. The van der Waals surface area contributed by atoms with Crippen molar-refractivity contribution in [3.8, 4) is 23.0 Å². The second-order valence-electron chi connectivity index (χ2n) is 7.28. The maximum atomic E-state index is 13.5. The lowest BCUT2D eigenvalue weighted by molar-refractivity contribution is 0.104. The van der Waals surface area contributed by atoms with E-state index in [1.165, 1.54) is 52.8 Å². The van der Waals surface area contributed by atoms with Crippen LogP contribution in [0.25, 0.3) is 0 Å². The first kappa shape index (κ1) is 23.2. The number of para-hydroxylation sites is 1. The molecule has 0 atom stereocenters. The minimum atomic E-state index is -4.08. The van der Waals surface area contributed by atoms with Crippen LogP contribution in [0.15, 0.2) is 76.7 Å². The molecule has 0 saturated carbocycles. The Balaban J connectivity index is 1.92. The largest absolute Gasteiger partial charge is 0.497 e. The van der Waals surface area contributed by atoms with Gasteiger partial charge in [0.2, 0.25) is 21.4 Å². The van der Waals surface area contributed by atoms with E-state index in [1.54, 1.807) is 47.4 Å². The van der Waals surface area contributed by atoms with Crippen molar-refractivity contribution >= 4 is 27.0 Å². The molecule has 0 radical (unpaired) electrons. The van der Waals surface area contributed by atoms with Crippen molar-refractivity contribution in [1.82, 2.24) is 0 Å². The van der Waals surface area contributed by atoms with E-state index in [1.807, 2.05) is 0 Å². The van der Waals surface area contributed by atoms with Crippen molar-refractivity contribution in [3.63, 3.8) is 0 Å². The van der Waals surface area contributed by atoms with Crippen LogP contribution in [0.4, 0.5) is 11.4 Å². The number of Topliss-reactive ketones (excluding diaryl/α,β-unsaturated/α-hetero) is 1. The highest BCUT2D eigenvalue weighted by Crippen LogP contribution is 2.46. The van der Waals surface area contributed by atoms with Gasteiger partial charge in [0.05, 0.1) is 44.7 Å². The van der Waals surface area contributed by atoms with E-state index in [0.29, 0.717) is 34.4 Å². The van der Waals surface area contributed by atoms with E-state index in [0.717, 1.165) is 0 Å². The highest BCUT2D eigenvalue weighted by molar-refractivity contribution is 7.96. The third-order valence-corrected chi connectivity index (χ3v) is 7.25. The topological polar surface area (TPSA) is 91.4 Å². The summed E-state index contributed by atoms with van der Waals surface area (Å²) < 4.78 is 48.3. The van der Waals surface area contributed by atoms with Gasteiger partial charge in [-0.3, -0.25) is 4.79 Å². The summed E-state index contributed by atoms with van der Waals surface area (Å²) in [7, 11) is 1.91. The molecule has 0 aromatic heterocycles. The van der Waals surface area contributed by atoms with E-state index in [-0.39, 0.29) is 15.4 Å². The van der Waals surface area contributed by atoms with E-state index in [2.05, 4.69) is 0 Å². The first-order chi connectivity index (χ1) is 16.3. The number of fused-ring (bicyclic) bond motifs is 1. The van der Waals surface area contributed by atoms with Crippen molar-refractivity contribution in [2.24, 2.45) is 0 Å². The fraction of sp³-hybridized carbons (Fsp3) is 0.160. The second kappa shape index (κ2) is 9.11. The van der Waals surface area contributed by atoms with E-state index in [4.69, 9.17) is 18.9 Å². The van der Waals surface area contributed by atoms with Crippen LogP contribution in [0.3, 0.4) is 0 Å². The second-order valence-corrected chi connectivity index (χ2v) is 9.16. The van der Waals surface area contributed by atoms with Gasteiger partial charge in [0.15, 0.2) is 11.5 Å². The molecule has 0 saturated heterocycles. The number of allylic oxidation sites excluding steroid dienone is 1. The third kappa shape index (κ3) is 3.84. The SMILES string of the molecule is COc1ccc(C(=O)C2=CN(c3cc(OC)c(OC)c(OC)c3)c3ccccc3S2(=O)=O)cc1. The Kier molecular flexibility index (Phi) is 6.21.